The van der Waals surface area contributed by atoms with Crippen molar-refractivity contribution in [2.75, 3.05) is 0 Å². The fraction of sp³-hybridized carbons (Fsp3) is 0.0426. The second-order valence-electron chi connectivity index (χ2n) is 13.3. The molecule has 0 spiro atoms. The molecule has 3 aromatic heterocycles. The molecule has 7 aromatic carbocycles. The molecule has 0 aliphatic heterocycles. The SMILES string of the molecule is Cc1sc[n+](-c2c(-c3ccc4c(c3)c3ccccc3n4-c3ccccc3)cccc2-c2ccc3c(c2)c2ccccc2n3-c2ccccc2)c1C. The van der Waals surface area contributed by atoms with Crippen LogP contribution in [0.1, 0.15) is 10.6 Å². The summed E-state index contributed by atoms with van der Waals surface area (Å²) in [5.74, 6) is 0. The predicted octanol–water partition coefficient (Wildman–Crippen LogP) is 12.2. The van der Waals surface area contributed by atoms with Gasteiger partial charge in [0.25, 0.3) is 0 Å². The molecule has 0 saturated heterocycles. The van der Waals surface area contributed by atoms with E-state index in [1.54, 1.807) is 11.3 Å². The molecule has 4 heteroatoms. The molecule has 3 heterocycles. The molecule has 0 amide bonds. The zero-order valence-corrected chi connectivity index (χ0v) is 29.2. The number of rotatable bonds is 5. The Morgan fingerprint density at radius 2 is 0.882 bits per heavy atom. The van der Waals surface area contributed by atoms with Crippen molar-refractivity contribution in [2.24, 2.45) is 0 Å². The molecule has 0 fully saturated rings. The molecular weight excluding hydrogens is 639 g/mol. The van der Waals surface area contributed by atoms with Gasteiger partial charge >= 0.3 is 0 Å². The highest BCUT2D eigenvalue weighted by atomic mass is 32.1. The van der Waals surface area contributed by atoms with Crippen LogP contribution in [0, 0.1) is 13.8 Å². The molecule has 0 atom stereocenters. The summed E-state index contributed by atoms with van der Waals surface area (Å²) in [5.41, 5.74) is 16.7. The highest BCUT2D eigenvalue weighted by molar-refractivity contribution is 7.09. The van der Waals surface area contributed by atoms with Gasteiger partial charge in [0.05, 0.1) is 38.1 Å². The van der Waals surface area contributed by atoms with E-state index in [1.807, 2.05) is 0 Å². The van der Waals surface area contributed by atoms with Crippen LogP contribution < -0.4 is 4.57 Å². The molecule has 51 heavy (non-hydrogen) atoms. The van der Waals surface area contributed by atoms with Crippen LogP contribution in [-0.2, 0) is 0 Å². The monoisotopic (exact) mass is 672 g/mol. The zero-order chi connectivity index (χ0) is 34.1. The van der Waals surface area contributed by atoms with Crippen molar-refractivity contribution >= 4 is 54.9 Å². The summed E-state index contributed by atoms with van der Waals surface area (Å²) >= 11 is 1.80. The van der Waals surface area contributed by atoms with E-state index >= 15 is 0 Å². The van der Waals surface area contributed by atoms with Crippen LogP contribution in [-0.4, -0.2) is 9.13 Å². The average molecular weight is 673 g/mol. The number of hydrogen-bond acceptors (Lipinski definition) is 1. The normalized spacial score (nSPS) is 11.7. The summed E-state index contributed by atoms with van der Waals surface area (Å²) < 4.78 is 7.17. The quantitative estimate of drug-likeness (QED) is 0.162. The molecule has 0 bridgehead atoms. The van der Waals surface area contributed by atoms with Gasteiger partial charge < -0.3 is 9.13 Å². The van der Waals surface area contributed by atoms with Gasteiger partial charge in [-0.3, -0.25) is 0 Å². The molecule has 0 saturated carbocycles. The fourth-order valence-electron chi connectivity index (χ4n) is 7.95. The summed E-state index contributed by atoms with van der Waals surface area (Å²) in [4.78, 5) is 1.32. The Balaban J connectivity index is 1.22. The summed E-state index contributed by atoms with van der Waals surface area (Å²) in [6, 6.07) is 59.7. The topological polar surface area (TPSA) is 13.7 Å². The lowest BCUT2D eigenvalue weighted by Gasteiger charge is -2.13. The Morgan fingerprint density at radius 3 is 1.35 bits per heavy atom. The number of fused-ring (bicyclic) bond motifs is 6. The van der Waals surface area contributed by atoms with E-state index in [2.05, 4.69) is 197 Å². The Labute approximate surface area is 300 Å². The number of aromatic nitrogens is 3. The van der Waals surface area contributed by atoms with Crippen molar-refractivity contribution in [2.45, 2.75) is 13.8 Å². The van der Waals surface area contributed by atoms with Crippen molar-refractivity contribution < 1.29 is 4.57 Å². The maximum Gasteiger partial charge on any atom is 0.231 e. The van der Waals surface area contributed by atoms with Gasteiger partial charge in [0, 0.05) is 39.8 Å². The molecule has 0 unspecified atom stereocenters. The number of hydrogen-bond donors (Lipinski definition) is 0. The number of thiazole rings is 1. The molecule has 0 aliphatic rings. The lowest BCUT2D eigenvalue weighted by Crippen LogP contribution is -2.32. The first kappa shape index (κ1) is 29.7. The second kappa shape index (κ2) is 11.7. The smallest absolute Gasteiger partial charge is 0.231 e. The highest BCUT2D eigenvalue weighted by Gasteiger charge is 2.26. The average Bonchev–Trinajstić information content (AvgIpc) is 3.83. The minimum atomic E-state index is 1.17. The summed E-state index contributed by atoms with van der Waals surface area (Å²) in [5, 5.41) is 5.01. The number of nitrogens with zero attached hydrogens (tertiary/aromatic N) is 3. The van der Waals surface area contributed by atoms with E-state index in [9.17, 15) is 0 Å². The van der Waals surface area contributed by atoms with Crippen molar-refractivity contribution in [1.29, 1.82) is 0 Å². The van der Waals surface area contributed by atoms with E-state index in [4.69, 9.17) is 0 Å². The lowest BCUT2D eigenvalue weighted by atomic mass is 9.94. The first-order chi connectivity index (χ1) is 25.2. The molecule has 0 radical (unpaired) electrons. The molecule has 10 rings (SSSR count). The van der Waals surface area contributed by atoms with Crippen LogP contribution in [0.15, 0.2) is 169 Å². The van der Waals surface area contributed by atoms with Gasteiger partial charge in [0.1, 0.15) is 0 Å². The zero-order valence-electron chi connectivity index (χ0n) is 28.4. The number of benzene rings is 7. The van der Waals surface area contributed by atoms with Gasteiger partial charge in [-0.25, -0.2) is 0 Å². The minimum absolute atomic E-state index is 1.17. The Kier molecular flexibility index (Phi) is 6.80. The van der Waals surface area contributed by atoms with E-state index in [-0.39, 0.29) is 0 Å². The Hall–Kier alpha value is -6.23. The molecule has 10 aromatic rings. The standard InChI is InChI=1S/C47H34N3S/c1-31-32(2)51-30-48(31)47-37(33-24-26-45-41(28-33)39-18-9-11-22-43(39)49(45)35-14-5-3-6-15-35)20-13-21-38(47)34-25-27-46-42(29-34)40-19-10-12-23-44(40)50(46)36-16-7-4-8-17-36/h3-30H,1-2H3/q+1. The van der Waals surface area contributed by atoms with Gasteiger partial charge in [-0.2, -0.15) is 4.57 Å². The first-order valence-electron chi connectivity index (χ1n) is 17.4. The fourth-order valence-corrected chi connectivity index (χ4v) is 8.74. The van der Waals surface area contributed by atoms with Gasteiger partial charge in [-0.15, -0.1) is 0 Å². The summed E-state index contributed by atoms with van der Waals surface area (Å²) in [6.07, 6.45) is 0. The van der Waals surface area contributed by atoms with Gasteiger partial charge in [0.15, 0.2) is 5.69 Å². The van der Waals surface area contributed by atoms with Crippen LogP contribution >= 0.6 is 11.3 Å². The first-order valence-corrected chi connectivity index (χ1v) is 18.3. The lowest BCUT2D eigenvalue weighted by molar-refractivity contribution is -0.596. The Morgan fingerprint density at radius 1 is 0.431 bits per heavy atom. The van der Waals surface area contributed by atoms with Crippen molar-refractivity contribution in [3.05, 3.63) is 180 Å². The van der Waals surface area contributed by atoms with E-state index in [0.717, 1.165) is 0 Å². The van der Waals surface area contributed by atoms with Crippen LogP contribution in [0.3, 0.4) is 0 Å². The van der Waals surface area contributed by atoms with E-state index < -0.39 is 0 Å². The third kappa shape index (κ3) is 4.61. The Bertz CT molecular complexity index is 2750. The highest BCUT2D eigenvalue weighted by Crippen LogP contribution is 2.40. The van der Waals surface area contributed by atoms with Crippen molar-refractivity contribution in [1.82, 2.24) is 9.13 Å². The maximum atomic E-state index is 2.40. The van der Waals surface area contributed by atoms with Crippen molar-refractivity contribution in [3.8, 4) is 39.3 Å². The summed E-state index contributed by atoms with van der Waals surface area (Å²) in [6.45, 7) is 4.45. The van der Waals surface area contributed by atoms with Crippen molar-refractivity contribution in [3.63, 3.8) is 0 Å². The van der Waals surface area contributed by atoms with Gasteiger partial charge in [0.2, 0.25) is 11.2 Å². The predicted molar refractivity (Wildman–Crippen MR) is 215 cm³/mol. The molecule has 0 N–H and O–H groups in total. The van der Waals surface area contributed by atoms with Gasteiger partial charge in [-0.05, 0) is 90.8 Å². The van der Waals surface area contributed by atoms with Crippen LogP contribution in [0.5, 0.6) is 0 Å². The molecule has 0 aliphatic carbocycles. The number of para-hydroxylation sites is 5. The molecule has 242 valence electrons. The molecular formula is C47H34N3S+. The van der Waals surface area contributed by atoms with E-state index in [1.165, 1.54) is 93.5 Å². The minimum Gasteiger partial charge on any atom is -0.309 e. The van der Waals surface area contributed by atoms with Crippen LogP contribution in [0.2, 0.25) is 0 Å². The second-order valence-corrected chi connectivity index (χ2v) is 14.3. The molecule has 3 nitrogen and oxygen atoms in total. The van der Waals surface area contributed by atoms with Crippen LogP contribution in [0.4, 0.5) is 0 Å². The van der Waals surface area contributed by atoms with Gasteiger partial charge in [-0.1, -0.05) is 102 Å². The summed E-state index contributed by atoms with van der Waals surface area (Å²) in [7, 11) is 0. The third-order valence-corrected chi connectivity index (χ3v) is 11.4. The largest absolute Gasteiger partial charge is 0.309 e. The maximum absolute atomic E-state index is 2.40. The third-order valence-electron chi connectivity index (χ3n) is 10.5. The van der Waals surface area contributed by atoms with E-state index in [0.29, 0.717) is 0 Å². The van der Waals surface area contributed by atoms with Crippen LogP contribution in [0.25, 0.3) is 82.9 Å². The number of aryl methyl sites for hydroxylation is 1.